The van der Waals surface area contributed by atoms with Crippen molar-refractivity contribution in [2.45, 2.75) is 188 Å². The molecule has 20 atom stereocenters. The fourth-order valence-electron chi connectivity index (χ4n) is 17.4. The maximum absolute atomic E-state index is 14.1. The van der Waals surface area contributed by atoms with Crippen LogP contribution in [0.2, 0.25) is 0 Å². The number of aromatic amines is 1. The van der Waals surface area contributed by atoms with Gasteiger partial charge in [-0.25, -0.2) is 0 Å². The number of ether oxygens (including phenoxy) is 2. The molecule has 3 aromatic rings. The smallest absolute Gasteiger partial charge is 0.496 e. The van der Waals surface area contributed by atoms with Crippen LogP contribution in [0.4, 0.5) is 10.5 Å². The Morgan fingerprint density at radius 2 is 1.56 bits per heavy atom. The molecule has 29 nitrogen and oxygen atoms in total. The summed E-state index contributed by atoms with van der Waals surface area (Å²) in [4.78, 5) is 95.7. The lowest BCUT2D eigenvalue weighted by molar-refractivity contribution is -0.827. The normalized spacial score (nSPS) is 29.9. The Kier molecular flexibility index (Phi) is 25.1. The zero-order chi connectivity index (χ0) is 73.1. The SMILES string of the molecule is CC[C@@H](CCC(=O)O)C(=O)N[C@H](C(=O)C[C@H](CC(=O)C[C@@H](CSSCCOC(=O)[N+](=N)O[C@@]1(O)[C@H](O)[C@]2(CC)C=CCN3CC[C@@]4(c5cc([C@@]6(C)CC7CN(CCc8c6[nH]c6ccccc86)C[C@](O)(CC)C7)c(OC)cc5N(C)[C@@H]14)[C@@H]32)C(=O)O)[C@@H](O)[C@H](O)[C@H](O)CO)[C@@H](O)[C@H](O)[C@H](O)CO. The number of para-hydroxylation sites is 1. The summed E-state index contributed by atoms with van der Waals surface area (Å²) in [5.74, 6) is -12.3. The molecule has 2 aromatic carbocycles. The van der Waals surface area contributed by atoms with Crippen LogP contribution in [0, 0.1) is 34.6 Å². The van der Waals surface area contributed by atoms with Gasteiger partial charge in [0, 0.05) is 144 Å². The number of carboxylic acid groups (broad SMARTS) is 2. The Morgan fingerprint density at radius 3 is 2.21 bits per heavy atom. The van der Waals surface area contributed by atoms with Crippen molar-refractivity contribution in [3.8, 4) is 5.75 Å². The highest BCUT2D eigenvalue weighted by Crippen LogP contribution is 2.68. The van der Waals surface area contributed by atoms with Crippen LogP contribution in [0.3, 0.4) is 0 Å². The third-order valence-electron chi connectivity index (χ3n) is 22.4. The first-order chi connectivity index (χ1) is 47.4. The number of rotatable bonds is 34. The van der Waals surface area contributed by atoms with E-state index >= 15 is 0 Å². The maximum Gasteiger partial charge on any atom is 0.673 e. The largest absolute Gasteiger partial charge is 0.673 e. The zero-order valence-electron chi connectivity index (χ0n) is 57.4. The number of carbonyl (C=O) groups excluding carboxylic acids is 4. The standard InChI is InChI=1S/C69H99N7O22S2/c1-7-38(15-16-52(83)84)59(89)72-53(57(88)56(87)50(82)34-78)48(80)27-39(54(85)55(86)49(81)33-77)25-41(79)26-40(60(90)91)35-100-99-24-23-97-64(93)76(70)98-69(95)62-68(19-22-75-20-12-18-67(9-3,61(68)75)63(69)92)44-28-45(51(96-6)29-47(44)73(62)5)65(4)30-37-31-66(94,8-2)36-74(32-37)21-17-43-42-13-10-11-14-46(42)71-58(43)65/h10-14,18,28-29,37-40,49-50,53-57,61-63,70-71,77-78,81-82,85-88,92,94-95H,7-9,15-17,19-27,30-36H2,1-6H3,(H2-,72,83,84,89,90,91)/p+1/t37?,38-,39-,40-,49+,50+,53+,54+,55+,56+,57+,61-,62+,63+,65+,66-,67+,68+,69+/m0/s1. The summed E-state index contributed by atoms with van der Waals surface area (Å²) < 4.78 is 11.9. The number of amides is 2. The molecule has 9 rings (SSSR count). The lowest BCUT2D eigenvalue weighted by Crippen LogP contribution is -2.79. The second-order valence-electron chi connectivity index (χ2n) is 28.5. The summed E-state index contributed by atoms with van der Waals surface area (Å²) in [5, 5.41) is 145. The third kappa shape index (κ3) is 15.1. The molecule has 554 valence electrons. The molecule has 2 amide bonds. The molecule has 1 aliphatic carbocycles. The molecular weight excluding hydrogens is 1340 g/mol. The summed E-state index contributed by atoms with van der Waals surface area (Å²) in [6, 6.07) is 8.84. The van der Waals surface area contributed by atoms with Gasteiger partial charge >= 0.3 is 23.8 Å². The predicted molar refractivity (Wildman–Crippen MR) is 364 cm³/mol. The monoisotopic (exact) mass is 1440 g/mol. The van der Waals surface area contributed by atoms with Gasteiger partial charge < -0.3 is 91.1 Å². The van der Waals surface area contributed by atoms with Gasteiger partial charge in [0.25, 0.3) is 0 Å². The third-order valence-corrected chi connectivity index (χ3v) is 24.9. The van der Waals surface area contributed by atoms with Crippen molar-refractivity contribution in [2.75, 3.05) is 83.1 Å². The van der Waals surface area contributed by atoms with Gasteiger partial charge in [0.2, 0.25) is 10.8 Å². The minimum Gasteiger partial charge on any atom is -0.496 e. The van der Waals surface area contributed by atoms with Crippen LogP contribution in [0.5, 0.6) is 5.75 Å². The lowest BCUT2D eigenvalue weighted by atomic mass is 9.50. The van der Waals surface area contributed by atoms with Crippen LogP contribution in [0.15, 0.2) is 48.6 Å². The van der Waals surface area contributed by atoms with Crippen LogP contribution in [0.1, 0.15) is 121 Å². The van der Waals surface area contributed by atoms with Crippen molar-refractivity contribution in [3.63, 3.8) is 0 Å². The molecule has 1 saturated carbocycles. The van der Waals surface area contributed by atoms with Crippen LogP contribution >= 0.6 is 21.6 Å². The molecule has 3 fully saturated rings. The zero-order valence-corrected chi connectivity index (χ0v) is 59.0. The van der Waals surface area contributed by atoms with Crippen molar-refractivity contribution < 1.29 is 114 Å². The van der Waals surface area contributed by atoms with E-state index < -0.39 is 181 Å². The Morgan fingerprint density at radius 1 is 0.860 bits per heavy atom. The van der Waals surface area contributed by atoms with Gasteiger partial charge in [-0.2, -0.15) is 9.63 Å². The first kappa shape index (κ1) is 78.3. The van der Waals surface area contributed by atoms with E-state index in [4.69, 9.17) is 19.8 Å². The van der Waals surface area contributed by atoms with E-state index in [1.807, 2.05) is 49.1 Å². The van der Waals surface area contributed by atoms with E-state index in [0.29, 0.717) is 63.2 Å². The number of piperidine rings is 1. The number of hydrogen-bond donors (Lipinski definition) is 16. The lowest BCUT2D eigenvalue weighted by Gasteiger charge is -2.61. The number of Topliss-reactive ketones (excluding diaryl/α,β-unsaturated/α-hetero) is 2. The van der Waals surface area contributed by atoms with Gasteiger partial charge in [0.15, 0.2) is 5.78 Å². The van der Waals surface area contributed by atoms with Gasteiger partial charge in [-0.1, -0.05) is 72.7 Å². The van der Waals surface area contributed by atoms with E-state index in [9.17, 15) is 95.2 Å². The molecule has 1 aromatic heterocycles. The summed E-state index contributed by atoms with van der Waals surface area (Å²) in [6.07, 6.45) is -12.2. The van der Waals surface area contributed by atoms with Gasteiger partial charge in [-0.15, -0.1) is 0 Å². The number of anilines is 1. The summed E-state index contributed by atoms with van der Waals surface area (Å²) in [6.45, 7) is 8.44. The molecule has 6 aliphatic rings. The van der Waals surface area contributed by atoms with Gasteiger partial charge in [0.05, 0.1) is 37.9 Å². The first-order valence-corrected chi connectivity index (χ1v) is 36.9. The average molecular weight is 1440 g/mol. The number of ketones is 2. The Labute approximate surface area is 587 Å². The number of aromatic nitrogens is 1. The van der Waals surface area contributed by atoms with E-state index in [-0.39, 0.29) is 41.7 Å². The summed E-state index contributed by atoms with van der Waals surface area (Å²) in [7, 11) is 5.41. The van der Waals surface area contributed by atoms with E-state index in [2.05, 4.69) is 45.2 Å². The number of hydroxylamine groups is 1. The highest BCUT2D eigenvalue weighted by atomic mass is 33.1. The highest BCUT2D eigenvalue weighted by Gasteiger charge is 2.80. The number of methoxy groups -OCH3 is 1. The van der Waals surface area contributed by atoms with Crippen molar-refractivity contribution in [1.29, 1.82) is 5.53 Å². The molecular formula is C69H100N7O22S2+. The molecule has 16 N–H and O–H groups in total. The second kappa shape index (κ2) is 32.0. The topological polar surface area (TPSA) is 458 Å². The Bertz CT molecular complexity index is 3510. The summed E-state index contributed by atoms with van der Waals surface area (Å²) >= 11 is 0. The number of aliphatic hydroxyl groups is 11. The minimum atomic E-state index is -2.67. The molecule has 1 spiro atoms. The number of carboxylic acids is 2. The molecule has 31 heteroatoms. The fourth-order valence-corrected chi connectivity index (χ4v) is 19.6. The number of carbonyl (C=O) groups is 6. The van der Waals surface area contributed by atoms with Crippen molar-refractivity contribution >= 4 is 73.7 Å². The molecule has 0 radical (unpaired) electrons. The molecule has 5 aliphatic heterocycles. The minimum absolute atomic E-state index is 0.0162. The number of aliphatic hydroxyl groups excluding tert-OH is 9. The number of nitrogens with one attached hydrogen (secondary N) is 3. The number of hydrogen-bond acceptors (Lipinski definition) is 26. The molecule has 6 heterocycles. The second-order valence-corrected chi connectivity index (χ2v) is 31.1. The molecule has 2 bridgehead atoms. The van der Waals surface area contributed by atoms with E-state index in [0.717, 1.165) is 68.8 Å². The molecule has 100 heavy (non-hydrogen) atoms. The number of H-pyrrole nitrogens is 1. The van der Waals surface area contributed by atoms with Crippen LogP contribution in [0.25, 0.3) is 10.9 Å². The molecule has 2 unspecified atom stereocenters. The maximum atomic E-state index is 14.1. The highest BCUT2D eigenvalue weighted by molar-refractivity contribution is 8.76. The fraction of sp³-hybridized carbons (Fsp3) is 0.681. The van der Waals surface area contributed by atoms with Gasteiger partial charge in [-0.3, -0.25) is 33.8 Å². The van der Waals surface area contributed by atoms with E-state index in [1.54, 1.807) is 14.2 Å². The predicted octanol–water partition coefficient (Wildman–Crippen LogP) is 1.70. The van der Waals surface area contributed by atoms with E-state index in [1.165, 1.54) is 12.5 Å². The van der Waals surface area contributed by atoms with Crippen LogP contribution < -0.4 is 15.0 Å². The first-order valence-electron chi connectivity index (χ1n) is 34.4. The number of benzene rings is 2. The van der Waals surface area contributed by atoms with Crippen molar-refractivity contribution in [1.82, 2.24) is 20.1 Å². The van der Waals surface area contributed by atoms with Crippen molar-refractivity contribution in [3.05, 3.63) is 70.9 Å². The number of nitrogens with zero attached hydrogens (tertiary/aromatic N) is 4. The Hall–Kier alpha value is -5.88. The average Bonchev–Trinajstić information content (AvgIpc) is 1.47. The van der Waals surface area contributed by atoms with Crippen LogP contribution in [-0.4, -0.2) is 272 Å². The Balaban J connectivity index is 0.897. The van der Waals surface area contributed by atoms with Crippen LogP contribution in [-0.2, 0) is 50.8 Å². The number of likely N-dealkylation sites (N-methyl/N-ethyl adjacent to an activating group) is 1. The quantitative estimate of drug-likeness (QED) is 0.00769. The van der Waals surface area contributed by atoms with Gasteiger partial charge in [-0.05, 0) is 94.0 Å². The van der Waals surface area contributed by atoms with Crippen molar-refractivity contribution in [2.24, 2.45) is 29.1 Å². The number of aliphatic carboxylic acids is 2. The number of fused-ring (bicyclic) bond motifs is 6. The van der Waals surface area contributed by atoms with Gasteiger partial charge in [0.1, 0.15) is 66.8 Å². The molecule has 2 saturated heterocycles. The summed E-state index contributed by atoms with van der Waals surface area (Å²) in [5.41, 5.74) is 11.0.